The van der Waals surface area contributed by atoms with Crippen LogP contribution in [0.4, 0.5) is 28.4 Å². The number of nitro benzene ring substituents is 1. The minimum atomic E-state index is -4.63. The third kappa shape index (κ3) is 10.5. The van der Waals surface area contributed by atoms with Gasteiger partial charge >= 0.3 is 0 Å². The molecule has 4 atom stereocenters. The highest BCUT2D eigenvalue weighted by Gasteiger charge is 2.51. The van der Waals surface area contributed by atoms with Crippen molar-refractivity contribution >= 4 is 55.4 Å². The van der Waals surface area contributed by atoms with Gasteiger partial charge < -0.3 is 39.4 Å². The molecule has 0 unspecified atom stereocenters. The molecular weight excluding hydrogens is 1010 g/mol. The first kappa shape index (κ1) is 52.8. The fourth-order valence-corrected chi connectivity index (χ4v) is 15.1. The average Bonchev–Trinajstić information content (AvgIpc) is 4.02. The van der Waals surface area contributed by atoms with Gasteiger partial charge in [0.2, 0.25) is 5.88 Å². The molecule has 2 aliphatic carbocycles. The van der Waals surface area contributed by atoms with E-state index < -0.39 is 43.1 Å². The quantitative estimate of drug-likeness (QED) is 0.0641. The van der Waals surface area contributed by atoms with E-state index in [9.17, 15) is 28.4 Å². The number of amides is 1. The summed E-state index contributed by atoms with van der Waals surface area (Å²) in [4.78, 5) is 44.3. The van der Waals surface area contributed by atoms with Gasteiger partial charge in [0, 0.05) is 87.3 Å². The molecule has 2 saturated carbocycles. The van der Waals surface area contributed by atoms with Crippen LogP contribution in [0.2, 0.25) is 0 Å². The Labute approximate surface area is 457 Å². The minimum absolute atomic E-state index is 0.120. The lowest BCUT2D eigenvalue weighted by Gasteiger charge is -2.59. The van der Waals surface area contributed by atoms with E-state index in [0.29, 0.717) is 86.0 Å². The van der Waals surface area contributed by atoms with Gasteiger partial charge in [-0.2, -0.15) is 4.98 Å². The zero-order valence-electron chi connectivity index (χ0n) is 45.2. The van der Waals surface area contributed by atoms with E-state index in [1.165, 1.54) is 42.5 Å². The predicted octanol–water partition coefficient (Wildman–Crippen LogP) is 9.04. The fraction of sp³-hybridized carbons (Fsp3) is 0.559. The van der Waals surface area contributed by atoms with Crippen LogP contribution in [0.1, 0.15) is 125 Å². The van der Waals surface area contributed by atoms with Crippen molar-refractivity contribution in [2.75, 3.05) is 80.8 Å². The highest BCUT2D eigenvalue weighted by Crippen LogP contribution is 2.55. The zero-order valence-corrected chi connectivity index (χ0v) is 46.0. The number of sulfonamides is 1. The van der Waals surface area contributed by atoms with Crippen molar-refractivity contribution in [2.45, 2.75) is 138 Å². The van der Waals surface area contributed by atoms with Crippen LogP contribution in [-0.2, 0) is 19.5 Å². The Hall–Kier alpha value is -5.83. The van der Waals surface area contributed by atoms with E-state index in [-0.39, 0.29) is 28.6 Å². The summed E-state index contributed by atoms with van der Waals surface area (Å²) in [6.07, 6.45) is 11.5. The van der Waals surface area contributed by atoms with Crippen LogP contribution in [0, 0.1) is 21.4 Å². The Morgan fingerprint density at radius 3 is 2.45 bits per heavy atom. The van der Waals surface area contributed by atoms with Crippen molar-refractivity contribution in [1.82, 2.24) is 24.5 Å². The van der Waals surface area contributed by atoms with Crippen LogP contribution in [0.3, 0.4) is 0 Å². The summed E-state index contributed by atoms with van der Waals surface area (Å²) in [5.41, 5.74) is 5.08. The van der Waals surface area contributed by atoms with E-state index in [1.54, 1.807) is 6.07 Å². The molecule has 4 N–H and O–H groups in total. The van der Waals surface area contributed by atoms with Crippen molar-refractivity contribution < 1.29 is 37.5 Å². The first-order chi connectivity index (χ1) is 37.6. The molecule has 0 radical (unpaired) electrons. The second-order valence-corrected chi connectivity index (χ2v) is 25.7. The van der Waals surface area contributed by atoms with Crippen LogP contribution in [-0.4, -0.2) is 140 Å². The molecule has 78 heavy (non-hydrogen) atoms. The number of hydrogen-bond acceptors (Lipinski definition) is 15. The van der Waals surface area contributed by atoms with Crippen molar-refractivity contribution in [3.63, 3.8) is 0 Å². The number of hydrogen-bond donors (Lipinski definition) is 4. The van der Waals surface area contributed by atoms with E-state index >= 15 is 0 Å². The summed E-state index contributed by atoms with van der Waals surface area (Å²) in [5.74, 6) is 0.147. The topological polar surface area (TPSA) is 208 Å². The smallest absolute Gasteiger partial charge is 0.293 e. The Bertz CT molecular complexity index is 3140. The monoisotopic (exact) mass is 1090 g/mol. The molecule has 1 amide bonds. The molecule has 7 aliphatic rings. The third-order valence-corrected chi connectivity index (χ3v) is 20.0. The number of carbonyl (C=O) groups excluding carboxylic acids is 1. The Kier molecular flexibility index (Phi) is 14.5. The number of nitrogens with one attached hydrogen (secondary N) is 3. The molecule has 19 heteroatoms. The first-order valence-corrected chi connectivity index (χ1v) is 30.0. The summed E-state index contributed by atoms with van der Waals surface area (Å²) in [6.45, 7) is 14.0. The number of ether oxygens (including phenoxy) is 3. The zero-order chi connectivity index (χ0) is 53.9. The molecule has 12 rings (SSSR count). The fourth-order valence-electron chi connectivity index (χ4n) is 14.2. The summed E-state index contributed by atoms with van der Waals surface area (Å²) < 4.78 is 49.1. The Morgan fingerprint density at radius 2 is 1.68 bits per heavy atom. The molecule has 3 aromatic carbocycles. The van der Waals surface area contributed by atoms with Gasteiger partial charge in [-0.05, 0) is 148 Å². The molecule has 0 bridgehead atoms. The van der Waals surface area contributed by atoms with E-state index in [0.717, 1.165) is 95.2 Å². The van der Waals surface area contributed by atoms with E-state index in [2.05, 4.69) is 72.7 Å². The lowest BCUT2D eigenvalue weighted by Crippen LogP contribution is -2.60. The molecule has 5 aliphatic heterocycles. The molecule has 18 nitrogen and oxygen atoms in total. The number of fused-ring (bicyclic) bond motifs is 3. The van der Waals surface area contributed by atoms with Crippen LogP contribution < -0.4 is 24.6 Å². The number of aromatic nitrogens is 2. The maximum absolute atomic E-state index is 14.8. The van der Waals surface area contributed by atoms with Crippen molar-refractivity contribution in [3.8, 4) is 5.88 Å². The number of likely N-dealkylation sites (tertiary alicyclic amines) is 1. The van der Waals surface area contributed by atoms with Crippen molar-refractivity contribution in [2.24, 2.45) is 11.3 Å². The number of piperidine rings is 2. The van der Waals surface area contributed by atoms with Crippen LogP contribution in [0.25, 0.3) is 11.0 Å². The molecule has 1 spiro atoms. The molecule has 416 valence electrons. The van der Waals surface area contributed by atoms with Gasteiger partial charge in [-0.15, -0.1) is 0 Å². The largest absolute Gasteiger partial charge is 0.468 e. The van der Waals surface area contributed by atoms with Crippen LogP contribution in [0.5, 0.6) is 5.88 Å². The summed E-state index contributed by atoms with van der Waals surface area (Å²) >= 11 is 0. The number of rotatable bonds is 13. The molecule has 4 saturated heterocycles. The number of benzene rings is 3. The van der Waals surface area contributed by atoms with Crippen LogP contribution in [0.15, 0.2) is 83.9 Å². The number of morpholine rings is 1. The second kappa shape index (κ2) is 21.3. The normalized spacial score (nSPS) is 27.0. The maximum Gasteiger partial charge on any atom is 0.293 e. The number of H-pyrrole nitrogens is 1. The molecule has 6 fully saturated rings. The number of aliphatic hydroxyl groups is 1. The Balaban J connectivity index is 0.813. The SMILES string of the molecule is CC(C)c1ccccc1[C@@H]1CC[C@@H](N2CCOCC2)CN1C1CC2(CCN(c3ccc(C(=O)NS(=O)(=O)c4ccc(NCC5CCC(C)(O)CC5)c([N+](=O)[O-])c4)c(N4c5cc6cc[nH]c6nc5O[C@H]5COCC[C@@H]54)c3)CC2)C1. The van der Waals surface area contributed by atoms with Gasteiger partial charge in [0.1, 0.15) is 23.1 Å². The Morgan fingerprint density at radius 1 is 0.897 bits per heavy atom. The predicted molar refractivity (Wildman–Crippen MR) is 299 cm³/mol. The number of nitro groups is 1. The highest BCUT2D eigenvalue weighted by atomic mass is 32.2. The van der Waals surface area contributed by atoms with Gasteiger partial charge in [-0.25, -0.2) is 13.1 Å². The summed E-state index contributed by atoms with van der Waals surface area (Å²) in [5, 5.41) is 26.9. The standard InChI is InChI=1S/C59H75N9O9S/c1-38(2)45-6-4-5-7-46(45)49-13-9-42(65-25-28-75-29-26-65)36-66(49)43-33-59(34-43)20-23-64(24-21-59)41-8-11-47(51(31-41)67-50-17-27-76-37-54(50)77-57-53(67)30-40-16-22-60-55(40)62-57)56(69)63-78(73,74)44-10-12-48(52(32-44)68(71)72)61-35-39-14-18-58(3,70)19-15-39/h4-8,10-12,16,22,30-32,38-39,42-43,49-50,54,61,70H,9,13-15,17-21,23-29,33-37H2,1-3H3,(H,60,62)(H,63,69)/t39?,42-,49+,50+,54+,58?/m1/s1. The number of aromatic amines is 1. The molecule has 2 aromatic heterocycles. The number of carbonyl (C=O) groups is 1. The van der Waals surface area contributed by atoms with Crippen molar-refractivity contribution in [3.05, 3.63) is 106 Å². The maximum atomic E-state index is 14.8. The molecule has 7 heterocycles. The van der Waals surface area contributed by atoms with Gasteiger partial charge in [0.15, 0.2) is 0 Å². The number of pyridine rings is 1. The molecular formula is C59H75N9O9S. The number of nitrogens with zero attached hydrogens (tertiary/aromatic N) is 6. The van der Waals surface area contributed by atoms with Gasteiger partial charge in [-0.3, -0.25) is 24.7 Å². The highest BCUT2D eigenvalue weighted by molar-refractivity contribution is 7.90. The summed E-state index contributed by atoms with van der Waals surface area (Å²) in [7, 11) is -4.63. The van der Waals surface area contributed by atoms with E-state index in [1.807, 2.05) is 37.4 Å². The average molecular weight is 1090 g/mol. The van der Waals surface area contributed by atoms with Gasteiger partial charge in [-0.1, -0.05) is 38.1 Å². The lowest BCUT2D eigenvalue weighted by molar-refractivity contribution is -0.384. The lowest BCUT2D eigenvalue weighted by atomic mass is 9.59. The first-order valence-electron chi connectivity index (χ1n) is 28.5. The second-order valence-electron chi connectivity index (χ2n) is 24.0. The molecule has 5 aromatic rings. The number of anilines is 4. The minimum Gasteiger partial charge on any atom is -0.468 e. The van der Waals surface area contributed by atoms with Crippen LogP contribution >= 0.6 is 0 Å². The van der Waals surface area contributed by atoms with Crippen molar-refractivity contribution in [1.29, 1.82) is 0 Å². The third-order valence-electron chi connectivity index (χ3n) is 18.7. The summed E-state index contributed by atoms with van der Waals surface area (Å²) in [6, 6.07) is 23.5. The van der Waals surface area contributed by atoms with Gasteiger partial charge in [0.25, 0.3) is 21.6 Å². The van der Waals surface area contributed by atoms with E-state index in [4.69, 9.17) is 19.2 Å². The van der Waals surface area contributed by atoms with Gasteiger partial charge in [0.05, 0.1) is 52.5 Å².